The first kappa shape index (κ1) is 32.9. The van der Waals surface area contributed by atoms with Crippen molar-refractivity contribution in [1.29, 1.82) is 0 Å². The summed E-state index contributed by atoms with van der Waals surface area (Å²) in [6.07, 6.45) is 3.18. The predicted molar refractivity (Wildman–Crippen MR) is 183 cm³/mol. The van der Waals surface area contributed by atoms with Crippen LogP contribution in [-0.4, -0.2) is 19.9 Å². The van der Waals surface area contributed by atoms with E-state index in [1.165, 1.54) is 32.2 Å². The fourth-order valence-corrected chi connectivity index (χ4v) is 6.30. The molecule has 41 heavy (non-hydrogen) atoms. The van der Waals surface area contributed by atoms with E-state index in [2.05, 4.69) is 108 Å². The average molecular weight is 669 g/mol. The summed E-state index contributed by atoms with van der Waals surface area (Å²) in [6.45, 7) is 19.5. The quantitative estimate of drug-likeness (QED) is 0.0634. The van der Waals surface area contributed by atoms with Crippen LogP contribution in [0.1, 0.15) is 94.7 Å². The van der Waals surface area contributed by atoms with Crippen LogP contribution in [0.4, 0.5) is 0 Å². The van der Waals surface area contributed by atoms with Crippen molar-refractivity contribution in [3.63, 3.8) is 0 Å². The molecule has 0 aliphatic carbocycles. The minimum Gasteiger partial charge on any atom is -0.0515 e. The zero-order chi connectivity index (χ0) is 30.4. The summed E-state index contributed by atoms with van der Waals surface area (Å²) in [4.78, 5) is 14.8. The number of hydrogen-bond donors (Lipinski definition) is 0. The van der Waals surface area contributed by atoms with Crippen molar-refractivity contribution in [2.45, 2.75) is 86.0 Å². The molecule has 0 atom stereocenters. The monoisotopic (exact) mass is 668 g/mol. The van der Waals surface area contributed by atoms with Crippen molar-refractivity contribution in [3.05, 3.63) is 106 Å². The van der Waals surface area contributed by atoms with Crippen LogP contribution in [0.15, 0.2) is 72.3 Å². The van der Waals surface area contributed by atoms with Gasteiger partial charge in [-0.2, -0.15) is 0 Å². The van der Waals surface area contributed by atoms with Gasteiger partial charge in [0, 0.05) is 0 Å². The van der Waals surface area contributed by atoms with Gasteiger partial charge in [0.25, 0.3) is 0 Å². The Bertz CT molecular complexity index is 1370. The topological polar surface area (TPSA) is 35.5 Å². The zero-order valence-electron chi connectivity index (χ0n) is 26.8. The number of esters is 1. The molecule has 3 aromatic rings. The van der Waals surface area contributed by atoms with E-state index in [1.807, 2.05) is 26.0 Å². The first-order valence-corrected chi connectivity index (χ1v) is 19.9. The number of rotatable bonds is 12. The third kappa shape index (κ3) is 8.03. The SMILES string of the molecule is C/C=C(\CC)CC(=O)Oc1ccc(C(C)(C)c2ccc(C(C)(C)c3ccc(OCI(C)CC)c(C)c3)cc2)cc1C. The zero-order valence-corrected chi connectivity index (χ0v) is 28.9. The molecule has 222 valence electrons. The fraction of sp³-hybridized carbons (Fsp3) is 0.432. The number of halogens is 1. The van der Waals surface area contributed by atoms with Crippen molar-refractivity contribution < 1.29 is 14.3 Å². The van der Waals surface area contributed by atoms with E-state index in [1.54, 1.807) is 0 Å². The van der Waals surface area contributed by atoms with Crippen molar-refractivity contribution >= 4 is 25.8 Å². The van der Waals surface area contributed by atoms with Gasteiger partial charge in [-0.3, -0.25) is 4.79 Å². The third-order valence-electron chi connectivity index (χ3n) is 8.43. The van der Waals surface area contributed by atoms with E-state index in [0.717, 1.165) is 27.9 Å². The van der Waals surface area contributed by atoms with Gasteiger partial charge < -0.3 is 4.74 Å². The Hall–Kier alpha value is -2.60. The molecular weight excluding hydrogens is 619 g/mol. The summed E-state index contributed by atoms with van der Waals surface area (Å²) in [7, 11) is 0. The minimum atomic E-state index is -0.941. The molecule has 0 amide bonds. The number of alkyl halides is 3. The number of allylic oxidation sites excluding steroid dienone is 1. The summed E-state index contributed by atoms with van der Waals surface area (Å²) in [6, 6.07) is 21.9. The van der Waals surface area contributed by atoms with Gasteiger partial charge in [0.2, 0.25) is 0 Å². The number of carbonyl (C=O) groups excluding carboxylic acids is 1. The van der Waals surface area contributed by atoms with Crippen molar-refractivity contribution in [2.24, 2.45) is 0 Å². The molecule has 3 aromatic carbocycles. The molecule has 0 saturated heterocycles. The fourth-order valence-electron chi connectivity index (χ4n) is 4.99. The van der Waals surface area contributed by atoms with Crippen LogP contribution in [0.2, 0.25) is 0 Å². The van der Waals surface area contributed by atoms with E-state index in [0.29, 0.717) is 12.2 Å². The second kappa shape index (κ2) is 14.0. The standard InChI is InChI=1S/C37H49IO3/c1-11-28(12-2)24-35(39)41-34-21-19-32(23-27(34)5)37(8,9)30-16-14-29(15-17-30)36(6,7)31-18-20-33(26(4)22-31)40-25-38(10)13-3/h11,14-23H,12-13,24-25H2,1-10H3/b28-11+. The van der Waals surface area contributed by atoms with Gasteiger partial charge in [0.15, 0.2) is 0 Å². The Morgan fingerprint density at radius 1 is 0.780 bits per heavy atom. The Morgan fingerprint density at radius 2 is 1.24 bits per heavy atom. The van der Waals surface area contributed by atoms with Gasteiger partial charge in [-0.25, -0.2) is 0 Å². The molecule has 0 heterocycles. The van der Waals surface area contributed by atoms with Crippen LogP contribution in [0.5, 0.6) is 11.5 Å². The Kier molecular flexibility index (Phi) is 11.3. The van der Waals surface area contributed by atoms with Crippen LogP contribution in [0.3, 0.4) is 0 Å². The van der Waals surface area contributed by atoms with Gasteiger partial charge in [0.1, 0.15) is 5.75 Å². The molecule has 4 heteroatoms. The first-order chi connectivity index (χ1) is 19.3. The van der Waals surface area contributed by atoms with Crippen molar-refractivity contribution in [2.75, 3.05) is 14.0 Å². The number of aryl methyl sites for hydroxylation is 2. The minimum absolute atomic E-state index is 0.134. The summed E-state index contributed by atoms with van der Waals surface area (Å²) < 4.78 is 14.1. The van der Waals surface area contributed by atoms with Crippen molar-refractivity contribution in [1.82, 2.24) is 0 Å². The maximum atomic E-state index is 12.4. The Morgan fingerprint density at radius 3 is 1.66 bits per heavy atom. The molecule has 0 bridgehead atoms. The maximum absolute atomic E-state index is 12.4. The molecule has 0 N–H and O–H groups in total. The second-order valence-corrected chi connectivity index (χ2v) is 18.3. The van der Waals surface area contributed by atoms with Crippen LogP contribution < -0.4 is 9.47 Å². The molecule has 0 fully saturated rings. The summed E-state index contributed by atoms with van der Waals surface area (Å²) in [5.74, 6) is 1.43. The molecular formula is C37H49IO3. The molecule has 0 spiro atoms. The number of hydrogen-bond acceptors (Lipinski definition) is 3. The number of ether oxygens (including phenoxy) is 2. The molecule has 0 aromatic heterocycles. The third-order valence-corrected chi connectivity index (χ3v) is 12.4. The molecule has 3 nitrogen and oxygen atoms in total. The Balaban J connectivity index is 1.78. The van der Waals surface area contributed by atoms with Gasteiger partial charge >= 0.3 is 153 Å². The Labute approximate surface area is 256 Å². The van der Waals surface area contributed by atoms with E-state index >= 15 is 0 Å². The van der Waals surface area contributed by atoms with Crippen LogP contribution in [0.25, 0.3) is 0 Å². The number of carbonyl (C=O) groups is 1. The van der Waals surface area contributed by atoms with Crippen LogP contribution >= 0.6 is 19.8 Å². The average Bonchev–Trinajstić information content (AvgIpc) is 2.95. The van der Waals surface area contributed by atoms with E-state index in [4.69, 9.17) is 9.47 Å². The molecule has 0 aliphatic rings. The smallest absolute Gasteiger partial charge is 0.00791 e. The van der Waals surface area contributed by atoms with E-state index in [-0.39, 0.29) is 16.8 Å². The van der Waals surface area contributed by atoms with Gasteiger partial charge in [-0.05, 0) is 37.5 Å². The maximum Gasteiger partial charge on any atom is -0.00791 e. The van der Waals surface area contributed by atoms with E-state index < -0.39 is 19.8 Å². The number of benzene rings is 3. The van der Waals surface area contributed by atoms with E-state index in [9.17, 15) is 4.79 Å². The molecule has 0 unspecified atom stereocenters. The normalized spacial score (nSPS) is 12.7. The molecule has 0 aliphatic heterocycles. The molecule has 0 saturated carbocycles. The summed E-state index contributed by atoms with van der Waals surface area (Å²) >= 11 is -0.941. The molecule has 0 radical (unpaired) electrons. The first-order valence-electron chi connectivity index (χ1n) is 14.7. The second-order valence-electron chi connectivity index (χ2n) is 12.0. The van der Waals surface area contributed by atoms with Crippen molar-refractivity contribution in [3.8, 4) is 11.5 Å². The summed E-state index contributed by atoms with van der Waals surface area (Å²) in [5, 5.41) is 0. The summed E-state index contributed by atoms with van der Waals surface area (Å²) in [5.41, 5.74) is 7.93. The molecule has 3 rings (SSSR count). The van der Waals surface area contributed by atoms with Crippen LogP contribution in [0, 0.1) is 13.8 Å². The van der Waals surface area contributed by atoms with Gasteiger partial charge in [-0.15, -0.1) is 0 Å². The predicted octanol–water partition coefficient (Wildman–Crippen LogP) is 10.1. The van der Waals surface area contributed by atoms with Gasteiger partial charge in [-0.1, -0.05) is 44.6 Å². The van der Waals surface area contributed by atoms with Crippen LogP contribution in [-0.2, 0) is 15.6 Å². The largest absolute Gasteiger partial charge is 0.0515 e. The van der Waals surface area contributed by atoms with Gasteiger partial charge in [0.05, 0.1) is 6.42 Å².